The van der Waals surface area contributed by atoms with Gasteiger partial charge in [0.25, 0.3) is 0 Å². The van der Waals surface area contributed by atoms with E-state index in [9.17, 15) is 5.26 Å². The van der Waals surface area contributed by atoms with Gasteiger partial charge in [0, 0.05) is 30.1 Å². The molecule has 150 valence electrons. The summed E-state index contributed by atoms with van der Waals surface area (Å²) in [6.45, 7) is 9.70. The van der Waals surface area contributed by atoms with Gasteiger partial charge in [-0.15, -0.1) is 0 Å². The molecule has 0 saturated carbocycles. The van der Waals surface area contributed by atoms with Crippen molar-refractivity contribution in [1.29, 1.82) is 10.7 Å². The van der Waals surface area contributed by atoms with Gasteiger partial charge in [0.05, 0.1) is 30.7 Å². The Hall–Kier alpha value is -2.92. The second-order valence-electron chi connectivity index (χ2n) is 7.35. The number of pyridine rings is 1. The van der Waals surface area contributed by atoms with E-state index in [1.54, 1.807) is 0 Å². The fourth-order valence-electron chi connectivity index (χ4n) is 3.18. The molecule has 0 spiro atoms. The molecule has 0 bridgehead atoms. The van der Waals surface area contributed by atoms with Crippen molar-refractivity contribution < 1.29 is 4.74 Å². The quantitative estimate of drug-likeness (QED) is 0.681. The Kier molecular flexibility index (Phi) is 6.41. The number of hydrogen-bond acceptors (Lipinski definition) is 7. The predicted molar refractivity (Wildman–Crippen MR) is 112 cm³/mol. The van der Waals surface area contributed by atoms with Gasteiger partial charge >= 0.3 is 0 Å². The molecule has 2 aromatic rings. The number of anilines is 3. The van der Waals surface area contributed by atoms with Crippen molar-refractivity contribution in [3.05, 3.63) is 29.0 Å². The summed E-state index contributed by atoms with van der Waals surface area (Å²) in [7, 11) is 0. The summed E-state index contributed by atoms with van der Waals surface area (Å²) >= 11 is 0. The minimum Gasteiger partial charge on any atom is -0.377 e. The van der Waals surface area contributed by atoms with Crippen LogP contribution in [0.2, 0.25) is 0 Å². The molecular weight excluding hydrogens is 354 g/mol. The Labute approximate surface area is 166 Å². The molecule has 28 heavy (non-hydrogen) atoms. The van der Waals surface area contributed by atoms with Gasteiger partial charge in [-0.3, -0.25) is 5.10 Å². The number of H-pyrrole nitrogens is 1. The summed E-state index contributed by atoms with van der Waals surface area (Å²) in [5.74, 6) is 1.91. The Morgan fingerprint density at radius 3 is 2.79 bits per heavy atom. The molecule has 3 rings (SSSR count). The average Bonchev–Trinajstić information content (AvgIpc) is 3.06. The monoisotopic (exact) mass is 383 g/mol. The van der Waals surface area contributed by atoms with Crippen LogP contribution in [-0.2, 0) is 10.2 Å². The number of aromatic nitrogens is 3. The summed E-state index contributed by atoms with van der Waals surface area (Å²) < 4.78 is 5.54. The second kappa shape index (κ2) is 8.40. The van der Waals surface area contributed by atoms with E-state index < -0.39 is 5.41 Å². The average molecular weight is 384 g/mol. The van der Waals surface area contributed by atoms with E-state index in [1.807, 2.05) is 32.9 Å². The molecule has 1 aliphatic heterocycles. The molecular formula is C20H29N7O. The van der Waals surface area contributed by atoms with E-state index in [2.05, 4.69) is 33.4 Å². The van der Waals surface area contributed by atoms with Gasteiger partial charge in [-0.25, -0.2) is 4.98 Å². The molecule has 1 atom stereocenters. The second-order valence-corrected chi connectivity index (χ2v) is 7.35. The Balaban J connectivity index is 0.00000280. The predicted octanol–water partition coefficient (Wildman–Crippen LogP) is 3.52. The third-order valence-electron chi connectivity index (χ3n) is 4.76. The SMILES string of the molecule is C.Cc1cc(Nc2nc(N3CCOCC3C)cc(C(C)(C)C#N)c2C=N)n[nH]1. The zero-order valence-electron chi connectivity index (χ0n) is 16.1. The minimum absolute atomic E-state index is 0. The largest absolute Gasteiger partial charge is 0.377 e. The number of nitrogens with one attached hydrogen (secondary N) is 3. The number of nitriles is 1. The lowest BCUT2D eigenvalue weighted by Crippen LogP contribution is -2.44. The van der Waals surface area contributed by atoms with Gasteiger partial charge in [0.1, 0.15) is 11.6 Å². The van der Waals surface area contributed by atoms with E-state index in [-0.39, 0.29) is 13.5 Å². The topological polar surface area (TPSA) is 114 Å². The number of aromatic amines is 1. The van der Waals surface area contributed by atoms with E-state index >= 15 is 0 Å². The Morgan fingerprint density at radius 1 is 1.46 bits per heavy atom. The lowest BCUT2D eigenvalue weighted by Gasteiger charge is -2.35. The smallest absolute Gasteiger partial charge is 0.153 e. The molecule has 3 N–H and O–H groups in total. The lowest BCUT2D eigenvalue weighted by atomic mass is 9.83. The van der Waals surface area contributed by atoms with Crippen molar-refractivity contribution in [1.82, 2.24) is 15.2 Å². The maximum absolute atomic E-state index is 9.69. The number of hydrogen-bond donors (Lipinski definition) is 3. The highest BCUT2D eigenvalue weighted by Gasteiger charge is 2.29. The van der Waals surface area contributed by atoms with Crippen LogP contribution in [-0.4, -0.2) is 47.2 Å². The molecule has 8 heteroatoms. The third-order valence-corrected chi connectivity index (χ3v) is 4.76. The molecule has 1 aliphatic rings. The first kappa shape index (κ1) is 21.4. The summed E-state index contributed by atoms with van der Waals surface area (Å²) in [6, 6.07) is 6.31. The molecule has 0 amide bonds. The standard InChI is InChI=1S/C19H25N7O.CH4/c1-12-7-16(25-24-12)22-18-14(9-20)15(19(3,4)11-21)8-17(23-18)26-5-6-27-10-13(26)2;/h7-9,13,20H,5-6,10H2,1-4H3,(H2,22,23,24,25);1H4. The maximum Gasteiger partial charge on any atom is 0.153 e. The molecule has 3 heterocycles. The van der Waals surface area contributed by atoms with E-state index in [0.29, 0.717) is 30.4 Å². The number of ether oxygens (including phenoxy) is 1. The van der Waals surface area contributed by atoms with Crippen LogP contribution >= 0.6 is 0 Å². The minimum atomic E-state index is -0.766. The first-order valence-electron chi connectivity index (χ1n) is 8.96. The van der Waals surface area contributed by atoms with Crippen LogP contribution in [0.5, 0.6) is 0 Å². The van der Waals surface area contributed by atoms with Crippen LogP contribution in [0.25, 0.3) is 0 Å². The lowest BCUT2D eigenvalue weighted by molar-refractivity contribution is 0.0985. The van der Waals surface area contributed by atoms with Crippen LogP contribution in [0.1, 0.15) is 45.0 Å². The van der Waals surface area contributed by atoms with Gasteiger partial charge in [0.2, 0.25) is 0 Å². The summed E-state index contributed by atoms with van der Waals surface area (Å²) in [6.07, 6.45) is 1.25. The molecule has 0 aromatic carbocycles. The Morgan fingerprint density at radius 2 is 2.21 bits per heavy atom. The summed E-state index contributed by atoms with van der Waals surface area (Å²) in [4.78, 5) is 6.95. The summed E-state index contributed by atoms with van der Waals surface area (Å²) in [5, 5.41) is 27.9. The number of aryl methyl sites for hydroxylation is 1. The normalized spacial score (nSPS) is 16.8. The number of nitrogens with zero attached hydrogens (tertiary/aromatic N) is 4. The van der Waals surface area contributed by atoms with Crippen molar-refractivity contribution in [3.8, 4) is 6.07 Å². The van der Waals surface area contributed by atoms with Crippen molar-refractivity contribution in [3.63, 3.8) is 0 Å². The van der Waals surface area contributed by atoms with E-state index in [4.69, 9.17) is 15.1 Å². The van der Waals surface area contributed by atoms with Gasteiger partial charge in [-0.2, -0.15) is 10.4 Å². The molecule has 2 aromatic heterocycles. The number of rotatable bonds is 5. The van der Waals surface area contributed by atoms with Crippen LogP contribution in [0, 0.1) is 23.7 Å². The van der Waals surface area contributed by atoms with Gasteiger partial charge in [0.15, 0.2) is 5.82 Å². The molecule has 1 fully saturated rings. The fourth-order valence-corrected chi connectivity index (χ4v) is 3.18. The van der Waals surface area contributed by atoms with Crippen LogP contribution in [0.15, 0.2) is 12.1 Å². The fraction of sp³-hybridized carbons (Fsp3) is 0.500. The highest BCUT2D eigenvalue weighted by molar-refractivity contribution is 5.89. The molecule has 8 nitrogen and oxygen atoms in total. The van der Waals surface area contributed by atoms with E-state index in [0.717, 1.165) is 23.6 Å². The molecule has 0 aliphatic carbocycles. The first-order valence-corrected chi connectivity index (χ1v) is 8.96. The molecule has 1 saturated heterocycles. The highest BCUT2D eigenvalue weighted by atomic mass is 16.5. The van der Waals surface area contributed by atoms with Gasteiger partial charge in [-0.1, -0.05) is 7.43 Å². The highest BCUT2D eigenvalue weighted by Crippen LogP contribution is 2.34. The van der Waals surface area contributed by atoms with Crippen molar-refractivity contribution in [2.75, 3.05) is 30.0 Å². The summed E-state index contributed by atoms with van der Waals surface area (Å²) in [5.41, 5.74) is 1.51. The molecule has 0 radical (unpaired) electrons. The van der Waals surface area contributed by atoms with E-state index in [1.165, 1.54) is 6.21 Å². The number of morpholine rings is 1. The zero-order valence-corrected chi connectivity index (χ0v) is 16.1. The van der Waals surface area contributed by atoms with Gasteiger partial charge in [-0.05, 0) is 39.3 Å². The van der Waals surface area contributed by atoms with Crippen molar-refractivity contribution >= 4 is 23.7 Å². The maximum atomic E-state index is 9.69. The molecule has 1 unspecified atom stereocenters. The Bertz CT molecular complexity index is 881. The van der Waals surface area contributed by atoms with Crippen molar-refractivity contribution in [2.45, 2.75) is 46.6 Å². The van der Waals surface area contributed by atoms with Gasteiger partial charge < -0.3 is 20.4 Å². The van der Waals surface area contributed by atoms with Crippen LogP contribution < -0.4 is 10.2 Å². The van der Waals surface area contributed by atoms with Crippen molar-refractivity contribution in [2.24, 2.45) is 0 Å². The zero-order chi connectivity index (χ0) is 19.6. The van der Waals surface area contributed by atoms with Crippen LogP contribution in [0.4, 0.5) is 17.5 Å². The first-order chi connectivity index (χ1) is 12.9. The third kappa shape index (κ3) is 4.15. The van der Waals surface area contributed by atoms with Crippen LogP contribution in [0.3, 0.4) is 0 Å².